The second-order valence-corrected chi connectivity index (χ2v) is 12.7. The molecule has 6 nitrogen and oxygen atoms in total. The molecule has 38 heavy (non-hydrogen) atoms. The third kappa shape index (κ3) is 5.31. The summed E-state index contributed by atoms with van der Waals surface area (Å²) in [4.78, 5) is 27.7. The zero-order valence-electron chi connectivity index (χ0n) is 22.2. The summed E-state index contributed by atoms with van der Waals surface area (Å²) in [5.74, 6) is -1.86. The third-order valence-electron chi connectivity index (χ3n) is 7.74. The van der Waals surface area contributed by atoms with Crippen LogP contribution in [0.4, 0.5) is 14.5 Å². The maximum atomic E-state index is 14.2. The maximum Gasteiger partial charge on any atom is 0.238 e. The number of aliphatic hydroxyl groups is 1. The number of halogens is 3. The standard InChI is InChI=1S/C29H36ClF2N3O3/c1-16(7-6-8-17(30)15-31)23-24(25(36)33-19-12-28(5,38)13-19)35-22(14-27(2,3)4)29(23)20-10-9-18(32)11-21(20)34-26(29)37/h6-11,19,22-24,35,38H,1,12-15H2,2-5H3,(H,33,36)(H,34,37)/b7-6-,17-8+/t19-,22-,23+,24-,28+,29+/m1/s1. The third-order valence-corrected chi connectivity index (χ3v) is 7.96. The minimum atomic E-state index is -1.25. The molecule has 1 saturated carbocycles. The molecule has 2 fully saturated rings. The summed E-state index contributed by atoms with van der Waals surface area (Å²) in [6.07, 6.45) is 5.99. The van der Waals surface area contributed by atoms with Gasteiger partial charge in [0.15, 0.2) is 0 Å². The molecule has 0 aromatic heterocycles. The lowest BCUT2D eigenvalue weighted by molar-refractivity contribution is -0.127. The van der Waals surface area contributed by atoms with Gasteiger partial charge in [0.2, 0.25) is 11.8 Å². The Morgan fingerprint density at radius 3 is 2.63 bits per heavy atom. The molecule has 1 aromatic rings. The second-order valence-electron chi connectivity index (χ2n) is 12.2. The van der Waals surface area contributed by atoms with E-state index in [-0.39, 0.29) is 28.3 Å². The van der Waals surface area contributed by atoms with Gasteiger partial charge in [-0.3, -0.25) is 9.59 Å². The fourth-order valence-electron chi connectivity index (χ4n) is 6.29. The van der Waals surface area contributed by atoms with E-state index in [0.717, 1.165) is 0 Å². The summed E-state index contributed by atoms with van der Waals surface area (Å²) >= 11 is 5.82. The van der Waals surface area contributed by atoms with Crippen LogP contribution in [0.5, 0.6) is 0 Å². The van der Waals surface area contributed by atoms with E-state index in [9.17, 15) is 23.5 Å². The lowest BCUT2D eigenvalue weighted by Gasteiger charge is -2.42. The Kier molecular flexibility index (Phi) is 7.64. The van der Waals surface area contributed by atoms with Gasteiger partial charge in [0.1, 0.15) is 17.9 Å². The van der Waals surface area contributed by atoms with Crippen molar-refractivity contribution in [2.24, 2.45) is 11.3 Å². The molecule has 3 aliphatic rings. The Morgan fingerprint density at radius 2 is 2.03 bits per heavy atom. The molecule has 0 radical (unpaired) electrons. The summed E-state index contributed by atoms with van der Waals surface area (Å²) < 4.78 is 27.1. The largest absolute Gasteiger partial charge is 0.390 e. The van der Waals surface area contributed by atoms with Gasteiger partial charge >= 0.3 is 0 Å². The molecule has 206 valence electrons. The minimum absolute atomic E-state index is 0.00433. The monoisotopic (exact) mass is 547 g/mol. The number of carbonyl (C=O) groups is 2. The van der Waals surface area contributed by atoms with Crippen LogP contribution >= 0.6 is 11.6 Å². The van der Waals surface area contributed by atoms with E-state index in [1.54, 1.807) is 25.1 Å². The number of nitrogens with one attached hydrogen (secondary N) is 3. The topological polar surface area (TPSA) is 90.5 Å². The number of hydrogen-bond acceptors (Lipinski definition) is 4. The van der Waals surface area contributed by atoms with Gasteiger partial charge in [-0.1, -0.05) is 57.2 Å². The van der Waals surface area contributed by atoms with Crippen molar-refractivity contribution in [3.8, 4) is 0 Å². The van der Waals surface area contributed by atoms with Crippen LogP contribution in [-0.2, 0) is 15.0 Å². The van der Waals surface area contributed by atoms with Crippen LogP contribution in [0.15, 0.2) is 53.6 Å². The average Bonchev–Trinajstić information content (AvgIpc) is 3.26. The SMILES string of the molecule is C=C(/C=C\C=C(\Cl)CF)[C@H]1[C@H](C(=O)N[C@H]2C[C@@](C)(O)C2)N[C@H](CC(C)(C)C)[C@]12C(=O)Nc1cc(F)ccc12. The van der Waals surface area contributed by atoms with Crippen molar-refractivity contribution in [1.82, 2.24) is 10.6 Å². The highest BCUT2D eigenvalue weighted by molar-refractivity contribution is 6.29. The number of allylic oxidation sites excluding steroid dienone is 4. The van der Waals surface area contributed by atoms with Crippen LogP contribution in [0.25, 0.3) is 0 Å². The smallest absolute Gasteiger partial charge is 0.238 e. The summed E-state index contributed by atoms with van der Waals surface area (Å²) in [6.45, 7) is 11.3. The second kappa shape index (κ2) is 10.2. The number of fused-ring (bicyclic) bond motifs is 2. The molecule has 0 unspecified atom stereocenters. The maximum absolute atomic E-state index is 14.2. The Balaban J connectivity index is 1.82. The van der Waals surface area contributed by atoms with Gasteiger partial charge in [0, 0.05) is 28.7 Å². The molecule has 4 N–H and O–H groups in total. The number of amides is 2. The number of rotatable bonds is 7. The first kappa shape index (κ1) is 28.5. The van der Waals surface area contributed by atoms with Crippen LogP contribution < -0.4 is 16.0 Å². The predicted octanol–water partition coefficient (Wildman–Crippen LogP) is 4.64. The van der Waals surface area contributed by atoms with E-state index >= 15 is 0 Å². The van der Waals surface area contributed by atoms with E-state index in [1.165, 1.54) is 18.2 Å². The number of benzene rings is 1. The molecular weight excluding hydrogens is 512 g/mol. The van der Waals surface area contributed by atoms with Gasteiger partial charge in [0.05, 0.1) is 11.6 Å². The highest BCUT2D eigenvalue weighted by atomic mass is 35.5. The van der Waals surface area contributed by atoms with Crippen LogP contribution in [-0.4, -0.2) is 47.3 Å². The number of hydrogen-bond donors (Lipinski definition) is 4. The van der Waals surface area contributed by atoms with Crippen LogP contribution in [0.2, 0.25) is 0 Å². The molecule has 2 amide bonds. The Bertz CT molecular complexity index is 1200. The predicted molar refractivity (Wildman–Crippen MR) is 145 cm³/mol. The zero-order chi connectivity index (χ0) is 28.0. The van der Waals surface area contributed by atoms with Gasteiger partial charge in [-0.2, -0.15) is 0 Å². The Morgan fingerprint density at radius 1 is 1.34 bits per heavy atom. The molecule has 4 atom stereocenters. The highest BCUT2D eigenvalue weighted by Gasteiger charge is 2.65. The quantitative estimate of drug-likeness (QED) is 0.374. The lowest BCUT2D eigenvalue weighted by Crippen LogP contribution is -2.57. The number of anilines is 1. The van der Waals surface area contributed by atoms with Crippen molar-refractivity contribution < 1.29 is 23.5 Å². The zero-order valence-corrected chi connectivity index (χ0v) is 23.0. The average molecular weight is 548 g/mol. The lowest BCUT2D eigenvalue weighted by atomic mass is 9.62. The van der Waals surface area contributed by atoms with Crippen molar-refractivity contribution in [3.63, 3.8) is 0 Å². The Hall–Kier alpha value is -2.55. The molecule has 9 heteroatoms. The first-order valence-electron chi connectivity index (χ1n) is 12.9. The van der Waals surface area contributed by atoms with Crippen molar-refractivity contribution in [3.05, 3.63) is 65.0 Å². The van der Waals surface area contributed by atoms with E-state index in [0.29, 0.717) is 36.1 Å². The summed E-state index contributed by atoms with van der Waals surface area (Å²) in [5, 5.41) is 19.5. The van der Waals surface area contributed by atoms with Crippen molar-refractivity contribution in [1.29, 1.82) is 0 Å². The summed E-state index contributed by atoms with van der Waals surface area (Å²) in [7, 11) is 0. The van der Waals surface area contributed by atoms with Crippen molar-refractivity contribution in [2.75, 3.05) is 12.0 Å². The molecule has 2 heterocycles. The molecular formula is C29H36ClF2N3O3. The highest BCUT2D eigenvalue weighted by Crippen LogP contribution is 2.54. The molecule has 2 aliphatic heterocycles. The molecule has 1 aromatic carbocycles. The van der Waals surface area contributed by atoms with E-state index in [4.69, 9.17) is 11.6 Å². The normalized spacial score (nSPS) is 32.8. The fourth-order valence-corrected chi connectivity index (χ4v) is 6.37. The van der Waals surface area contributed by atoms with E-state index < -0.39 is 41.5 Å². The molecule has 1 saturated heterocycles. The molecule has 4 rings (SSSR count). The number of carbonyl (C=O) groups excluding carboxylic acids is 2. The molecule has 0 bridgehead atoms. The molecule has 1 spiro atoms. The molecule has 1 aliphatic carbocycles. The van der Waals surface area contributed by atoms with Crippen molar-refractivity contribution >= 4 is 29.1 Å². The minimum Gasteiger partial charge on any atom is -0.390 e. The van der Waals surface area contributed by atoms with E-state index in [1.807, 2.05) is 0 Å². The first-order valence-corrected chi connectivity index (χ1v) is 13.2. The van der Waals surface area contributed by atoms with Gasteiger partial charge < -0.3 is 21.1 Å². The first-order chi connectivity index (χ1) is 17.7. The van der Waals surface area contributed by atoms with Crippen LogP contribution in [0, 0.1) is 17.2 Å². The summed E-state index contributed by atoms with van der Waals surface area (Å²) in [5.41, 5.74) is -0.845. The van der Waals surface area contributed by atoms with Gasteiger partial charge in [-0.15, -0.1) is 0 Å². The van der Waals surface area contributed by atoms with Gasteiger partial charge in [-0.05, 0) is 60.9 Å². The van der Waals surface area contributed by atoms with Gasteiger partial charge in [-0.25, -0.2) is 8.78 Å². The van der Waals surface area contributed by atoms with Crippen LogP contribution in [0.1, 0.15) is 52.5 Å². The summed E-state index contributed by atoms with van der Waals surface area (Å²) in [6, 6.07) is 2.71. The van der Waals surface area contributed by atoms with E-state index in [2.05, 4.69) is 43.3 Å². The number of alkyl halides is 1. The fraction of sp³-hybridized carbons (Fsp3) is 0.517. The van der Waals surface area contributed by atoms with Gasteiger partial charge in [0.25, 0.3) is 0 Å². The van der Waals surface area contributed by atoms with Crippen LogP contribution in [0.3, 0.4) is 0 Å². The Labute approximate surface area is 227 Å². The van der Waals surface area contributed by atoms with Crippen molar-refractivity contribution in [2.45, 2.75) is 76.1 Å².